The maximum atomic E-state index is 14.6. The average Bonchev–Trinajstić information content (AvgIpc) is 2.75. The summed E-state index contributed by atoms with van der Waals surface area (Å²) in [5.41, 5.74) is -0.251. The van der Waals surface area contributed by atoms with Crippen molar-refractivity contribution in [1.29, 1.82) is 0 Å². The van der Waals surface area contributed by atoms with Gasteiger partial charge in [-0.15, -0.1) is 0 Å². The summed E-state index contributed by atoms with van der Waals surface area (Å²) in [5.74, 6) is -2.46. The van der Waals surface area contributed by atoms with Crippen LogP contribution >= 0.6 is 11.6 Å². The number of ether oxygens (including phenoxy) is 1. The van der Waals surface area contributed by atoms with E-state index >= 15 is 0 Å². The zero-order valence-corrected chi connectivity index (χ0v) is 17.5. The number of carbonyl (C=O) groups excluding carboxylic acids is 1. The largest absolute Gasteiger partial charge is 0.423 e. The molecule has 0 spiro atoms. The summed E-state index contributed by atoms with van der Waals surface area (Å²) < 4.78 is 61.1. The van der Waals surface area contributed by atoms with E-state index in [1.165, 1.54) is 36.4 Å². The van der Waals surface area contributed by atoms with Gasteiger partial charge in [-0.25, -0.2) is 22.0 Å². The third-order valence-electron chi connectivity index (χ3n) is 4.24. The van der Waals surface area contributed by atoms with Gasteiger partial charge < -0.3 is 4.74 Å². The summed E-state index contributed by atoms with van der Waals surface area (Å²) in [6.07, 6.45) is 0.950. The summed E-state index contributed by atoms with van der Waals surface area (Å²) >= 11 is 5.84. The van der Waals surface area contributed by atoms with Crippen molar-refractivity contribution >= 4 is 33.3 Å². The Bertz CT molecular complexity index is 1230. The van der Waals surface area contributed by atoms with Gasteiger partial charge in [0.1, 0.15) is 17.4 Å². The van der Waals surface area contributed by atoms with Gasteiger partial charge in [0.2, 0.25) is 0 Å². The van der Waals surface area contributed by atoms with Crippen molar-refractivity contribution in [2.75, 3.05) is 4.31 Å². The molecule has 0 aliphatic heterocycles. The highest BCUT2D eigenvalue weighted by atomic mass is 35.5. The molecule has 0 saturated heterocycles. The van der Waals surface area contributed by atoms with Gasteiger partial charge in [-0.05, 0) is 42.5 Å². The molecule has 0 aliphatic rings. The van der Waals surface area contributed by atoms with E-state index in [1.54, 1.807) is 12.1 Å². The maximum Gasteiger partial charge on any atom is 0.335 e. The third-order valence-corrected chi connectivity index (χ3v) is 6.27. The SMILES string of the molecule is C=CC(=O)Oc1ccccc1CN(c1cc(F)ccc1F)S(=O)(=O)c1ccc(Cl)cc1. The van der Waals surface area contributed by atoms with Gasteiger partial charge in [-0.1, -0.05) is 36.4 Å². The lowest BCUT2D eigenvalue weighted by molar-refractivity contribution is -0.129. The average molecular weight is 464 g/mol. The van der Waals surface area contributed by atoms with Crippen molar-refractivity contribution in [3.63, 3.8) is 0 Å². The molecule has 0 atom stereocenters. The highest BCUT2D eigenvalue weighted by molar-refractivity contribution is 7.92. The van der Waals surface area contributed by atoms with Gasteiger partial charge in [0.05, 0.1) is 17.1 Å². The molecule has 0 bridgehead atoms. The minimum Gasteiger partial charge on any atom is -0.423 e. The summed E-state index contributed by atoms with van der Waals surface area (Å²) in [6, 6.07) is 13.9. The highest BCUT2D eigenvalue weighted by Crippen LogP contribution is 2.31. The first-order valence-corrected chi connectivity index (χ1v) is 10.7. The predicted molar refractivity (Wildman–Crippen MR) is 113 cm³/mol. The number of halogens is 3. The molecular weight excluding hydrogens is 448 g/mol. The second-order valence-corrected chi connectivity index (χ2v) is 8.59. The predicted octanol–water partition coefficient (Wildman–Crippen LogP) is 5.11. The maximum absolute atomic E-state index is 14.6. The van der Waals surface area contributed by atoms with Crippen LogP contribution in [-0.2, 0) is 21.4 Å². The van der Waals surface area contributed by atoms with E-state index in [1.807, 2.05) is 0 Å². The first-order valence-electron chi connectivity index (χ1n) is 8.88. The summed E-state index contributed by atoms with van der Waals surface area (Å²) in [6.45, 7) is 2.88. The van der Waals surface area contributed by atoms with Gasteiger partial charge in [-0.3, -0.25) is 4.31 Å². The van der Waals surface area contributed by atoms with Crippen molar-refractivity contribution in [2.24, 2.45) is 0 Å². The van der Waals surface area contributed by atoms with E-state index in [0.717, 1.165) is 24.3 Å². The lowest BCUT2D eigenvalue weighted by Gasteiger charge is -2.26. The Morgan fingerprint density at radius 1 is 1.06 bits per heavy atom. The quantitative estimate of drug-likeness (QED) is 0.277. The van der Waals surface area contributed by atoms with Gasteiger partial charge in [0.15, 0.2) is 0 Å². The molecule has 5 nitrogen and oxygen atoms in total. The van der Waals surface area contributed by atoms with Crippen molar-refractivity contribution in [3.8, 4) is 5.75 Å². The Morgan fingerprint density at radius 2 is 1.74 bits per heavy atom. The smallest absolute Gasteiger partial charge is 0.335 e. The lowest BCUT2D eigenvalue weighted by Crippen LogP contribution is -2.31. The van der Waals surface area contributed by atoms with E-state index in [9.17, 15) is 22.0 Å². The van der Waals surface area contributed by atoms with E-state index in [0.29, 0.717) is 9.33 Å². The zero-order chi connectivity index (χ0) is 22.6. The van der Waals surface area contributed by atoms with Crippen LogP contribution in [0.5, 0.6) is 5.75 Å². The molecule has 3 aromatic carbocycles. The molecule has 0 aromatic heterocycles. The van der Waals surface area contributed by atoms with Crippen LogP contribution in [0.3, 0.4) is 0 Å². The summed E-state index contributed by atoms with van der Waals surface area (Å²) in [4.78, 5) is 11.5. The topological polar surface area (TPSA) is 63.7 Å². The Balaban J connectivity index is 2.14. The second kappa shape index (κ2) is 9.28. The number of carbonyl (C=O) groups is 1. The first-order chi connectivity index (χ1) is 14.7. The number of para-hydroxylation sites is 1. The second-order valence-electron chi connectivity index (χ2n) is 6.29. The molecule has 3 aromatic rings. The fraction of sp³-hybridized carbons (Fsp3) is 0.0455. The molecule has 0 saturated carbocycles. The van der Waals surface area contributed by atoms with Crippen LogP contribution in [0.4, 0.5) is 14.5 Å². The number of hydrogen-bond acceptors (Lipinski definition) is 4. The van der Waals surface area contributed by atoms with E-state index in [2.05, 4.69) is 6.58 Å². The van der Waals surface area contributed by atoms with Crippen LogP contribution in [0.15, 0.2) is 84.3 Å². The Kier molecular flexibility index (Phi) is 6.72. The Morgan fingerprint density at radius 3 is 2.42 bits per heavy atom. The van der Waals surface area contributed by atoms with E-state index < -0.39 is 39.9 Å². The number of nitrogens with zero attached hydrogens (tertiary/aromatic N) is 1. The fourth-order valence-electron chi connectivity index (χ4n) is 2.75. The van der Waals surface area contributed by atoms with Crippen molar-refractivity contribution < 1.29 is 26.7 Å². The molecule has 0 heterocycles. The molecule has 0 aliphatic carbocycles. The van der Waals surface area contributed by atoms with Gasteiger partial charge in [-0.2, -0.15) is 0 Å². The minimum absolute atomic E-state index is 0.0560. The molecule has 31 heavy (non-hydrogen) atoms. The first kappa shape index (κ1) is 22.5. The third kappa shape index (κ3) is 5.10. The molecule has 0 amide bonds. The van der Waals surface area contributed by atoms with Crippen LogP contribution in [0, 0.1) is 11.6 Å². The van der Waals surface area contributed by atoms with Crippen LogP contribution < -0.4 is 9.04 Å². The Hall–Kier alpha value is -3.23. The lowest BCUT2D eigenvalue weighted by atomic mass is 10.2. The molecule has 0 radical (unpaired) electrons. The minimum atomic E-state index is -4.35. The van der Waals surface area contributed by atoms with E-state index in [-0.39, 0.29) is 16.2 Å². The van der Waals surface area contributed by atoms with Crippen LogP contribution in [0.25, 0.3) is 0 Å². The van der Waals surface area contributed by atoms with E-state index in [4.69, 9.17) is 16.3 Å². The zero-order valence-electron chi connectivity index (χ0n) is 16.0. The highest BCUT2D eigenvalue weighted by Gasteiger charge is 2.29. The van der Waals surface area contributed by atoms with Crippen molar-refractivity contribution in [2.45, 2.75) is 11.4 Å². The molecule has 0 unspecified atom stereocenters. The number of anilines is 1. The molecule has 160 valence electrons. The monoisotopic (exact) mass is 463 g/mol. The Labute approximate surface area is 183 Å². The number of rotatable bonds is 7. The number of hydrogen-bond donors (Lipinski definition) is 0. The molecule has 3 rings (SSSR count). The van der Waals surface area contributed by atoms with Crippen molar-refractivity contribution in [3.05, 3.63) is 102 Å². The molecular formula is C22H16ClF2NO4S. The number of benzene rings is 3. The van der Waals surface area contributed by atoms with Gasteiger partial charge in [0.25, 0.3) is 10.0 Å². The number of esters is 1. The standard InChI is InChI=1S/C22H16ClF2NO4S/c1-2-22(27)30-21-6-4-3-5-15(21)14-26(20-13-17(24)9-12-19(20)25)31(28,29)18-10-7-16(23)8-11-18/h2-13H,1,14H2. The van der Waals surface area contributed by atoms with Crippen LogP contribution in [-0.4, -0.2) is 14.4 Å². The van der Waals surface area contributed by atoms with Crippen LogP contribution in [0.1, 0.15) is 5.56 Å². The molecule has 0 N–H and O–H groups in total. The van der Waals surface area contributed by atoms with Crippen LogP contribution in [0.2, 0.25) is 5.02 Å². The number of sulfonamides is 1. The molecule has 9 heteroatoms. The summed E-state index contributed by atoms with van der Waals surface area (Å²) in [7, 11) is -4.35. The van der Waals surface area contributed by atoms with Gasteiger partial charge in [0, 0.05) is 22.7 Å². The van der Waals surface area contributed by atoms with Crippen molar-refractivity contribution in [1.82, 2.24) is 0 Å². The normalized spacial score (nSPS) is 11.1. The fourth-order valence-corrected chi connectivity index (χ4v) is 4.32. The molecule has 0 fully saturated rings. The van der Waals surface area contributed by atoms with Gasteiger partial charge >= 0.3 is 5.97 Å². The summed E-state index contributed by atoms with van der Waals surface area (Å²) in [5, 5.41) is 0.309.